The molecule has 9 heteroatoms. The molecule has 2 aromatic carbocycles. The third kappa shape index (κ3) is 5.08. The number of benzene rings is 2. The van der Waals surface area contributed by atoms with Gasteiger partial charge in [-0.2, -0.15) is 13.2 Å². The van der Waals surface area contributed by atoms with Crippen molar-refractivity contribution in [3.05, 3.63) is 77.6 Å². The maximum Gasteiger partial charge on any atom is 0.426 e. The SMILES string of the molecule is O=C(O[C@H](CSc1nccn1-c1ccccc1)C(F)(F)F)c1cccc(Cl)c1. The van der Waals surface area contributed by atoms with Crippen LogP contribution in [0.2, 0.25) is 5.02 Å². The maximum absolute atomic E-state index is 13.4. The number of hydrogen-bond donors (Lipinski definition) is 0. The van der Waals surface area contributed by atoms with Crippen molar-refractivity contribution >= 4 is 29.3 Å². The van der Waals surface area contributed by atoms with Crippen molar-refractivity contribution in [2.24, 2.45) is 0 Å². The Balaban J connectivity index is 1.73. The number of ether oxygens (including phenoxy) is 1. The lowest BCUT2D eigenvalue weighted by molar-refractivity contribution is -0.196. The van der Waals surface area contributed by atoms with Crippen LogP contribution in [-0.4, -0.2) is 33.6 Å². The lowest BCUT2D eigenvalue weighted by Crippen LogP contribution is -2.36. The molecule has 0 amide bonds. The van der Waals surface area contributed by atoms with Gasteiger partial charge < -0.3 is 4.74 Å². The number of nitrogens with zero attached hydrogens (tertiary/aromatic N) is 2. The summed E-state index contributed by atoms with van der Waals surface area (Å²) in [6.07, 6.45) is -3.86. The molecule has 0 saturated heterocycles. The van der Waals surface area contributed by atoms with Gasteiger partial charge in [0.15, 0.2) is 5.16 Å². The van der Waals surface area contributed by atoms with E-state index in [4.69, 9.17) is 16.3 Å². The molecule has 0 N–H and O–H groups in total. The Labute approximate surface area is 168 Å². The molecule has 146 valence electrons. The van der Waals surface area contributed by atoms with Crippen LogP contribution >= 0.6 is 23.4 Å². The van der Waals surface area contributed by atoms with Gasteiger partial charge in [-0.05, 0) is 30.3 Å². The third-order valence-electron chi connectivity index (χ3n) is 3.68. The first-order valence-electron chi connectivity index (χ1n) is 8.09. The Morgan fingerprint density at radius 3 is 2.61 bits per heavy atom. The number of carbonyl (C=O) groups is 1. The Kier molecular flexibility index (Phi) is 6.31. The zero-order valence-electron chi connectivity index (χ0n) is 14.3. The number of rotatable bonds is 6. The topological polar surface area (TPSA) is 44.1 Å². The van der Waals surface area contributed by atoms with E-state index in [1.807, 2.05) is 30.3 Å². The van der Waals surface area contributed by atoms with Gasteiger partial charge in [0.2, 0.25) is 6.10 Å². The van der Waals surface area contributed by atoms with E-state index in [9.17, 15) is 18.0 Å². The van der Waals surface area contributed by atoms with E-state index in [0.29, 0.717) is 5.16 Å². The molecule has 0 unspecified atom stereocenters. The van der Waals surface area contributed by atoms with Crippen LogP contribution in [0.4, 0.5) is 13.2 Å². The van der Waals surface area contributed by atoms with Gasteiger partial charge in [0, 0.05) is 28.9 Å². The molecule has 3 aromatic rings. The lowest BCUT2D eigenvalue weighted by atomic mass is 10.2. The molecule has 1 aromatic heterocycles. The zero-order valence-corrected chi connectivity index (χ0v) is 15.8. The number of aromatic nitrogens is 2. The predicted octanol–water partition coefficient (Wildman–Crippen LogP) is 5.41. The molecule has 0 aliphatic rings. The Hall–Kier alpha value is -2.45. The summed E-state index contributed by atoms with van der Waals surface area (Å²) in [6, 6.07) is 14.7. The van der Waals surface area contributed by atoms with Crippen LogP contribution in [0.15, 0.2) is 72.1 Å². The quantitative estimate of drug-likeness (QED) is 0.390. The minimum absolute atomic E-state index is 0.0439. The standard InChI is InChI=1S/C19H14ClF3N2O2S/c20-14-6-4-5-13(11-14)17(26)27-16(19(21,22)23)12-28-18-24-9-10-25(18)15-7-2-1-3-8-15/h1-11,16H,12H2/t16-/m1/s1. The van der Waals surface area contributed by atoms with Crippen LogP contribution in [0.3, 0.4) is 0 Å². The highest BCUT2D eigenvalue weighted by atomic mass is 35.5. The molecule has 0 radical (unpaired) electrons. The largest absolute Gasteiger partial charge is 0.448 e. The molecule has 0 aliphatic carbocycles. The molecule has 0 bridgehead atoms. The molecule has 3 rings (SSSR count). The van der Waals surface area contributed by atoms with Crippen LogP contribution < -0.4 is 0 Å². The maximum atomic E-state index is 13.4. The van der Waals surface area contributed by atoms with Crippen LogP contribution in [0.25, 0.3) is 5.69 Å². The van der Waals surface area contributed by atoms with E-state index in [1.54, 1.807) is 10.8 Å². The Morgan fingerprint density at radius 2 is 1.93 bits per heavy atom. The van der Waals surface area contributed by atoms with Crippen LogP contribution in [-0.2, 0) is 4.74 Å². The summed E-state index contributed by atoms with van der Waals surface area (Å²) in [5.41, 5.74) is 0.722. The summed E-state index contributed by atoms with van der Waals surface area (Å²) in [6.45, 7) is 0. The fourth-order valence-corrected chi connectivity index (χ4v) is 3.53. The van der Waals surface area contributed by atoms with Crippen molar-refractivity contribution in [2.45, 2.75) is 17.4 Å². The predicted molar refractivity (Wildman–Crippen MR) is 101 cm³/mol. The number of esters is 1. The van der Waals surface area contributed by atoms with Crippen molar-refractivity contribution < 1.29 is 22.7 Å². The molecule has 1 heterocycles. The number of thioether (sulfide) groups is 1. The van der Waals surface area contributed by atoms with Gasteiger partial charge in [-0.3, -0.25) is 4.57 Å². The summed E-state index contributed by atoms with van der Waals surface area (Å²) in [5, 5.41) is 0.594. The van der Waals surface area contributed by atoms with Gasteiger partial charge in [0.25, 0.3) is 0 Å². The van der Waals surface area contributed by atoms with Gasteiger partial charge in [0.1, 0.15) is 0 Å². The fourth-order valence-electron chi connectivity index (χ4n) is 2.34. The number of halogens is 4. The first-order chi connectivity index (χ1) is 13.3. The number of alkyl halides is 3. The van der Waals surface area contributed by atoms with E-state index < -0.39 is 24.0 Å². The van der Waals surface area contributed by atoms with Crippen LogP contribution in [0, 0.1) is 0 Å². The van der Waals surface area contributed by atoms with Gasteiger partial charge in [-0.1, -0.05) is 47.6 Å². The number of carbonyl (C=O) groups excluding carboxylic acids is 1. The second-order valence-corrected chi connectivity index (χ2v) is 7.10. The minimum Gasteiger partial charge on any atom is -0.448 e. The summed E-state index contributed by atoms with van der Waals surface area (Å²) < 4.78 is 46.5. The molecule has 0 fully saturated rings. The summed E-state index contributed by atoms with van der Waals surface area (Å²) in [7, 11) is 0. The molecular weight excluding hydrogens is 413 g/mol. The van der Waals surface area contributed by atoms with Crippen molar-refractivity contribution in [1.29, 1.82) is 0 Å². The number of para-hydroxylation sites is 1. The highest BCUT2D eigenvalue weighted by Crippen LogP contribution is 2.30. The number of hydrogen-bond acceptors (Lipinski definition) is 4. The Morgan fingerprint density at radius 1 is 1.18 bits per heavy atom. The van der Waals surface area contributed by atoms with Crippen LogP contribution in [0.5, 0.6) is 0 Å². The average Bonchev–Trinajstić information content (AvgIpc) is 3.13. The van der Waals surface area contributed by atoms with Crippen molar-refractivity contribution in [2.75, 3.05) is 5.75 Å². The van der Waals surface area contributed by atoms with Gasteiger partial charge in [-0.15, -0.1) is 0 Å². The summed E-state index contributed by atoms with van der Waals surface area (Å²) >= 11 is 6.63. The molecule has 28 heavy (non-hydrogen) atoms. The molecule has 0 aliphatic heterocycles. The highest BCUT2D eigenvalue weighted by Gasteiger charge is 2.43. The highest BCUT2D eigenvalue weighted by molar-refractivity contribution is 7.99. The second kappa shape index (κ2) is 8.70. The average molecular weight is 427 g/mol. The van der Waals surface area contributed by atoms with Gasteiger partial charge in [0.05, 0.1) is 5.56 Å². The van der Waals surface area contributed by atoms with E-state index in [-0.39, 0.29) is 10.6 Å². The van der Waals surface area contributed by atoms with E-state index in [2.05, 4.69) is 4.98 Å². The number of imidazole rings is 1. The molecule has 0 spiro atoms. The van der Waals surface area contributed by atoms with E-state index in [0.717, 1.165) is 17.4 Å². The first-order valence-corrected chi connectivity index (χ1v) is 9.46. The molecule has 4 nitrogen and oxygen atoms in total. The Bertz CT molecular complexity index is 948. The van der Waals surface area contributed by atoms with E-state index in [1.165, 1.54) is 30.5 Å². The smallest absolute Gasteiger partial charge is 0.426 e. The summed E-state index contributed by atoms with van der Waals surface area (Å²) in [4.78, 5) is 16.2. The second-order valence-electron chi connectivity index (χ2n) is 5.67. The molecule has 0 saturated carbocycles. The zero-order chi connectivity index (χ0) is 20.1. The third-order valence-corrected chi connectivity index (χ3v) is 4.94. The van der Waals surface area contributed by atoms with Gasteiger partial charge >= 0.3 is 12.1 Å². The lowest BCUT2D eigenvalue weighted by Gasteiger charge is -2.20. The molecular formula is C19H14ClF3N2O2S. The van der Waals surface area contributed by atoms with E-state index >= 15 is 0 Å². The van der Waals surface area contributed by atoms with Gasteiger partial charge in [-0.25, -0.2) is 9.78 Å². The first kappa shape index (κ1) is 20.3. The van der Waals surface area contributed by atoms with Crippen molar-refractivity contribution in [1.82, 2.24) is 9.55 Å². The fraction of sp³-hybridized carbons (Fsp3) is 0.158. The monoisotopic (exact) mass is 426 g/mol. The minimum atomic E-state index is -4.72. The van der Waals surface area contributed by atoms with Crippen molar-refractivity contribution in [3.8, 4) is 5.69 Å². The van der Waals surface area contributed by atoms with Crippen molar-refractivity contribution in [3.63, 3.8) is 0 Å². The molecule has 1 atom stereocenters. The summed E-state index contributed by atoms with van der Waals surface area (Å²) in [5.74, 6) is -1.61. The van der Waals surface area contributed by atoms with Crippen LogP contribution in [0.1, 0.15) is 10.4 Å². The normalized spacial score (nSPS) is 12.6.